The summed E-state index contributed by atoms with van der Waals surface area (Å²) >= 11 is 5.42. The third-order valence-corrected chi connectivity index (χ3v) is 2.90. The summed E-state index contributed by atoms with van der Waals surface area (Å²) in [7, 11) is 0. The molecule has 0 heterocycles. The number of hydrogen-bond acceptors (Lipinski definition) is 1. The highest BCUT2D eigenvalue weighted by molar-refractivity contribution is 14.1. The Kier molecular flexibility index (Phi) is 4.38. The lowest BCUT2D eigenvalue weighted by Crippen LogP contribution is -2.03. The Morgan fingerprint density at radius 1 is 1.46 bits per heavy atom. The lowest BCUT2D eigenvalue weighted by molar-refractivity contribution is -0.115. The molecule has 0 fully saturated rings. The van der Waals surface area contributed by atoms with Crippen molar-refractivity contribution >= 4 is 44.3 Å². The quantitative estimate of drug-likeness (QED) is 0.603. The van der Waals surface area contributed by atoms with Gasteiger partial charge in [0.05, 0.1) is 5.33 Å². The first-order valence-corrected chi connectivity index (χ1v) is 6.15. The molecular formula is C10H10BrIO. The Hall–Kier alpha value is 0.1000. The normalized spacial score (nSPS) is 10.1. The Balaban J connectivity index is 2.83. The first kappa shape index (κ1) is 11.2. The van der Waals surface area contributed by atoms with Crippen LogP contribution in [0.4, 0.5) is 0 Å². The zero-order valence-corrected chi connectivity index (χ0v) is 11.1. The largest absolute Gasteiger partial charge is 0.298 e. The van der Waals surface area contributed by atoms with Gasteiger partial charge in [0.2, 0.25) is 0 Å². The third kappa shape index (κ3) is 3.77. The van der Waals surface area contributed by atoms with Gasteiger partial charge in [0.25, 0.3) is 0 Å². The van der Waals surface area contributed by atoms with Crippen molar-refractivity contribution < 1.29 is 4.79 Å². The number of carbonyl (C=O) groups is 1. The van der Waals surface area contributed by atoms with Crippen LogP contribution in [0.25, 0.3) is 0 Å². The minimum Gasteiger partial charge on any atom is -0.298 e. The fraction of sp³-hybridized carbons (Fsp3) is 0.300. The Bertz CT molecular complexity index is 302. The van der Waals surface area contributed by atoms with Gasteiger partial charge >= 0.3 is 0 Å². The van der Waals surface area contributed by atoms with Gasteiger partial charge in [-0.1, -0.05) is 22.0 Å². The zero-order chi connectivity index (χ0) is 9.84. The minimum atomic E-state index is 0.224. The number of rotatable bonds is 3. The SMILES string of the molecule is Cc1cc(I)cc(CC(=O)CBr)c1. The molecule has 0 amide bonds. The molecule has 0 aromatic heterocycles. The van der Waals surface area contributed by atoms with Crippen LogP contribution in [0.15, 0.2) is 18.2 Å². The molecule has 70 valence electrons. The first-order valence-electron chi connectivity index (χ1n) is 3.95. The van der Waals surface area contributed by atoms with Crippen molar-refractivity contribution in [3.63, 3.8) is 0 Å². The summed E-state index contributed by atoms with van der Waals surface area (Å²) < 4.78 is 1.19. The minimum absolute atomic E-state index is 0.224. The molecule has 0 aliphatic carbocycles. The van der Waals surface area contributed by atoms with Crippen molar-refractivity contribution in [2.24, 2.45) is 0 Å². The van der Waals surface area contributed by atoms with Crippen LogP contribution in [-0.4, -0.2) is 11.1 Å². The van der Waals surface area contributed by atoms with Crippen molar-refractivity contribution in [1.82, 2.24) is 0 Å². The van der Waals surface area contributed by atoms with E-state index in [1.54, 1.807) is 0 Å². The van der Waals surface area contributed by atoms with E-state index in [9.17, 15) is 4.79 Å². The smallest absolute Gasteiger partial charge is 0.147 e. The van der Waals surface area contributed by atoms with Crippen molar-refractivity contribution in [3.05, 3.63) is 32.9 Å². The standard InChI is InChI=1S/C10H10BrIO/c1-7-2-8(4-9(12)3-7)5-10(13)6-11/h2-4H,5-6H2,1H3. The van der Waals surface area contributed by atoms with E-state index in [0.29, 0.717) is 11.8 Å². The molecule has 0 unspecified atom stereocenters. The molecule has 0 saturated heterocycles. The number of halogens is 2. The van der Waals surface area contributed by atoms with E-state index in [1.807, 2.05) is 13.0 Å². The van der Waals surface area contributed by atoms with Crippen LogP contribution in [-0.2, 0) is 11.2 Å². The van der Waals surface area contributed by atoms with Gasteiger partial charge in [0, 0.05) is 9.99 Å². The second kappa shape index (κ2) is 5.10. The molecule has 0 spiro atoms. The lowest BCUT2D eigenvalue weighted by Gasteiger charge is -2.01. The van der Waals surface area contributed by atoms with Gasteiger partial charge in [-0.2, -0.15) is 0 Å². The maximum absolute atomic E-state index is 11.2. The monoisotopic (exact) mass is 352 g/mol. The molecular weight excluding hydrogens is 343 g/mol. The fourth-order valence-corrected chi connectivity index (χ4v) is 2.28. The van der Waals surface area contributed by atoms with E-state index in [2.05, 4.69) is 50.7 Å². The molecule has 1 rings (SSSR count). The summed E-state index contributed by atoms with van der Waals surface area (Å²) in [6, 6.07) is 6.21. The van der Waals surface area contributed by atoms with E-state index in [-0.39, 0.29) is 5.78 Å². The van der Waals surface area contributed by atoms with Crippen molar-refractivity contribution in [2.45, 2.75) is 13.3 Å². The summed E-state index contributed by atoms with van der Waals surface area (Å²) in [5.74, 6) is 0.224. The molecule has 0 bridgehead atoms. The van der Waals surface area contributed by atoms with Crippen LogP contribution in [0, 0.1) is 10.5 Å². The Labute approximate surface area is 100 Å². The number of alkyl halides is 1. The Morgan fingerprint density at radius 3 is 2.69 bits per heavy atom. The van der Waals surface area contributed by atoms with Crippen molar-refractivity contribution in [1.29, 1.82) is 0 Å². The van der Waals surface area contributed by atoms with Crippen LogP contribution in [0.3, 0.4) is 0 Å². The summed E-state index contributed by atoms with van der Waals surface area (Å²) in [6.07, 6.45) is 0.531. The molecule has 1 aromatic carbocycles. The molecule has 13 heavy (non-hydrogen) atoms. The molecule has 0 saturated carbocycles. The number of benzene rings is 1. The molecule has 0 aliphatic heterocycles. The highest BCUT2D eigenvalue weighted by Crippen LogP contribution is 2.12. The van der Waals surface area contributed by atoms with Crippen LogP contribution < -0.4 is 0 Å². The number of hydrogen-bond donors (Lipinski definition) is 0. The maximum atomic E-state index is 11.2. The highest BCUT2D eigenvalue weighted by atomic mass is 127. The summed E-state index contributed by atoms with van der Waals surface area (Å²) in [5.41, 5.74) is 2.32. The molecule has 1 aromatic rings. The van der Waals surface area contributed by atoms with Crippen LogP contribution in [0.2, 0.25) is 0 Å². The molecule has 0 N–H and O–H groups in total. The molecule has 0 aliphatic rings. The number of Topliss-reactive ketones (excluding diaryl/α,β-unsaturated/α-hetero) is 1. The fourth-order valence-electron chi connectivity index (χ4n) is 1.19. The van der Waals surface area contributed by atoms with Crippen molar-refractivity contribution in [2.75, 3.05) is 5.33 Å². The third-order valence-electron chi connectivity index (χ3n) is 1.65. The van der Waals surface area contributed by atoms with E-state index < -0.39 is 0 Å². The van der Waals surface area contributed by atoms with Gasteiger partial charge in [0.1, 0.15) is 5.78 Å². The van der Waals surface area contributed by atoms with E-state index in [0.717, 1.165) is 5.56 Å². The van der Waals surface area contributed by atoms with Gasteiger partial charge in [-0.15, -0.1) is 0 Å². The topological polar surface area (TPSA) is 17.1 Å². The molecule has 3 heteroatoms. The summed E-state index contributed by atoms with van der Waals surface area (Å²) in [4.78, 5) is 11.2. The van der Waals surface area contributed by atoms with Gasteiger partial charge < -0.3 is 0 Å². The predicted octanol–water partition coefficient (Wildman–Crippen LogP) is 3.11. The van der Waals surface area contributed by atoms with Gasteiger partial charge in [-0.25, -0.2) is 0 Å². The summed E-state index contributed by atoms with van der Waals surface area (Å²) in [6.45, 7) is 2.05. The second-order valence-electron chi connectivity index (χ2n) is 2.99. The van der Waals surface area contributed by atoms with E-state index in [4.69, 9.17) is 0 Å². The lowest BCUT2D eigenvalue weighted by atomic mass is 10.1. The van der Waals surface area contributed by atoms with Gasteiger partial charge in [0.15, 0.2) is 0 Å². The van der Waals surface area contributed by atoms with Crippen LogP contribution in [0.1, 0.15) is 11.1 Å². The average molecular weight is 353 g/mol. The zero-order valence-electron chi connectivity index (χ0n) is 7.31. The van der Waals surface area contributed by atoms with E-state index >= 15 is 0 Å². The van der Waals surface area contributed by atoms with Crippen molar-refractivity contribution in [3.8, 4) is 0 Å². The van der Waals surface area contributed by atoms with E-state index in [1.165, 1.54) is 9.13 Å². The highest BCUT2D eigenvalue weighted by Gasteiger charge is 2.02. The van der Waals surface area contributed by atoms with Crippen LogP contribution in [0.5, 0.6) is 0 Å². The number of carbonyl (C=O) groups excluding carboxylic acids is 1. The Morgan fingerprint density at radius 2 is 2.15 bits per heavy atom. The molecule has 1 nitrogen and oxygen atoms in total. The predicted molar refractivity (Wildman–Crippen MR) is 66.4 cm³/mol. The van der Waals surface area contributed by atoms with Crippen LogP contribution >= 0.6 is 38.5 Å². The number of ketones is 1. The van der Waals surface area contributed by atoms with Gasteiger partial charge in [-0.3, -0.25) is 4.79 Å². The summed E-state index contributed by atoms with van der Waals surface area (Å²) in [5, 5.41) is 0.442. The second-order valence-corrected chi connectivity index (χ2v) is 4.79. The van der Waals surface area contributed by atoms with Gasteiger partial charge in [-0.05, 0) is 52.8 Å². The first-order chi connectivity index (χ1) is 6.11. The molecule has 0 radical (unpaired) electrons. The molecule has 0 atom stereocenters. The average Bonchev–Trinajstić information content (AvgIpc) is 2.02. The number of aryl methyl sites for hydroxylation is 1. The maximum Gasteiger partial charge on any atom is 0.147 e.